The van der Waals surface area contributed by atoms with Crippen LogP contribution < -0.4 is 0 Å². The Kier molecular flexibility index (Phi) is 8.59. The number of fused-ring (bicyclic) bond motifs is 1. The van der Waals surface area contributed by atoms with Crippen molar-refractivity contribution in [3.63, 3.8) is 0 Å². The highest BCUT2D eigenvalue weighted by atomic mass is 16.5. The van der Waals surface area contributed by atoms with E-state index in [9.17, 15) is 24.8 Å². The molecule has 5 rings (SSSR count). The van der Waals surface area contributed by atoms with Crippen LogP contribution in [0.1, 0.15) is 67.8 Å². The zero-order valence-electron chi connectivity index (χ0n) is 24.6. The minimum Gasteiger partial charge on any atom is -0.465 e. The van der Waals surface area contributed by atoms with E-state index in [-0.39, 0.29) is 23.7 Å². The molecule has 44 heavy (non-hydrogen) atoms. The number of hydrogen-bond acceptors (Lipinski definition) is 5. The Morgan fingerprint density at radius 3 is 2.36 bits per heavy atom. The molecule has 220 valence electrons. The molecule has 2 N–H and O–H groups in total. The molecule has 1 aromatic heterocycles. The molecule has 1 atom stereocenters. The maximum absolute atomic E-state index is 13.9. The van der Waals surface area contributed by atoms with Gasteiger partial charge in [0.15, 0.2) is 0 Å². The van der Waals surface area contributed by atoms with E-state index in [1.165, 1.54) is 0 Å². The van der Waals surface area contributed by atoms with Crippen LogP contribution in [0.5, 0.6) is 0 Å². The summed E-state index contributed by atoms with van der Waals surface area (Å²) < 4.78 is 5.75. The smallest absolute Gasteiger partial charge is 0.414 e. The van der Waals surface area contributed by atoms with Gasteiger partial charge in [0.25, 0.3) is 5.91 Å². The van der Waals surface area contributed by atoms with Crippen molar-refractivity contribution >= 4 is 28.9 Å². The van der Waals surface area contributed by atoms with E-state index in [0.29, 0.717) is 21.6 Å². The molecule has 0 aliphatic rings. The molecule has 0 radical (unpaired) electrons. The molecule has 0 aliphatic heterocycles. The van der Waals surface area contributed by atoms with Crippen molar-refractivity contribution in [1.29, 1.82) is 5.26 Å². The number of carbonyl (C=O) groups excluding carboxylic acids is 2. The number of rotatable bonds is 8. The predicted molar refractivity (Wildman–Crippen MR) is 167 cm³/mol. The lowest BCUT2D eigenvalue weighted by atomic mass is 9.82. The zero-order chi connectivity index (χ0) is 31.4. The third kappa shape index (κ3) is 5.68. The number of aromatic amines is 1. The summed E-state index contributed by atoms with van der Waals surface area (Å²) in [6.45, 7) is 3.72. The first-order chi connectivity index (χ1) is 21.2. The van der Waals surface area contributed by atoms with Crippen LogP contribution in [0, 0.1) is 18.3 Å². The number of benzene rings is 4. The van der Waals surface area contributed by atoms with Crippen molar-refractivity contribution in [2.75, 3.05) is 7.05 Å². The van der Waals surface area contributed by atoms with Crippen molar-refractivity contribution in [2.45, 2.75) is 32.8 Å². The number of H-pyrrole nitrogens is 1. The van der Waals surface area contributed by atoms with Crippen LogP contribution in [0.15, 0.2) is 91.1 Å². The number of imide groups is 1. The van der Waals surface area contributed by atoms with Crippen molar-refractivity contribution in [2.24, 2.45) is 0 Å². The highest BCUT2D eigenvalue weighted by Gasteiger charge is 2.31. The highest BCUT2D eigenvalue weighted by molar-refractivity contribution is 6.13. The first-order valence-electron chi connectivity index (χ1n) is 14.2. The number of nitriles is 1. The number of aromatic nitrogens is 1. The lowest BCUT2D eigenvalue weighted by Crippen LogP contribution is -2.33. The molecule has 0 spiro atoms. The van der Waals surface area contributed by atoms with Crippen molar-refractivity contribution < 1.29 is 24.2 Å². The molecule has 0 fully saturated rings. The summed E-state index contributed by atoms with van der Waals surface area (Å²) in [5.41, 5.74) is 5.76. The van der Waals surface area contributed by atoms with Crippen LogP contribution in [-0.2, 0) is 11.3 Å². The average Bonchev–Trinajstić information content (AvgIpc) is 3.46. The molecule has 0 aliphatic carbocycles. The summed E-state index contributed by atoms with van der Waals surface area (Å²) in [7, 11) is 1.16. The molecule has 8 nitrogen and oxygen atoms in total. The van der Waals surface area contributed by atoms with Crippen LogP contribution in [0.2, 0.25) is 0 Å². The summed E-state index contributed by atoms with van der Waals surface area (Å²) in [5.74, 6) is -1.66. The summed E-state index contributed by atoms with van der Waals surface area (Å²) in [6.07, 6.45) is 1.23. The number of nitrogens with zero attached hydrogens (tertiary/aromatic N) is 2. The molecule has 5 aromatic rings. The summed E-state index contributed by atoms with van der Waals surface area (Å²) >= 11 is 0. The lowest BCUT2D eigenvalue weighted by molar-refractivity contribution is 0.0467. The van der Waals surface area contributed by atoms with Gasteiger partial charge >= 0.3 is 12.1 Å². The monoisotopic (exact) mass is 585 g/mol. The zero-order valence-corrected chi connectivity index (χ0v) is 24.6. The van der Waals surface area contributed by atoms with Crippen LogP contribution in [0.25, 0.3) is 22.0 Å². The minimum absolute atomic E-state index is 0.0129. The largest absolute Gasteiger partial charge is 0.465 e. The summed E-state index contributed by atoms with van der Waals surface area (Å²) in [5, 5.41) is 20.0. The Bertz CT molecular complexity index is 1920. The molecular weight excluding hydrogens is 554 g/mol. The van der Waals surface area contributed by atoms with Gasteiger partial charge in [0, 0.05) is 30.1 Å². The predicted octanol–water partition coefficient (Wildman–Crippen LogP) is 7.66. The van der Waals surface area contributed by atoms with E-state index in [0.717, 1.165) is 46.6 Å². The van der Waals surface area contributed by atoms with Gasteiger partial charge in [-0.25, -0.2) is 14.5 Å². The van der Waals surface area contributed by atoms with Crippen LogP contribution in [0.3, 0.4) is 0 Å². The van der Waals surface area contributed by atoms with Crippen molar-refractivity contribution in [3.8, 4) is 17.2 Å². The van der Waals surface area contributed by atoms with E-state index in [1.807, 2.05) is 72.9 Å². The average molecular weight is 586 g/mol. The molecule has 0 saturated heterocycles. The van der Waals surface area contributed by atoms with Gasteiger partial charge in [0.1, 0.15) is 6.61 Å². The van der Waals surface area contributed by atoms with Crippen molar-refractivity contribution in [1.82, 2.24) is 9.88 Å². The second kappa shape index (κ2) is 12.7. The number of carboxylic acid groups (broad SMARTS) is 1. The van der Waals surface area contributed by atoms with Crippen LogP contribution >= 0.6 is 0 Å². The number of carbonyl (C=O) groups is 3. The normalized spacial score (nSPS) is 11.5. The first kappa shape index (κ1) is 29.8. The second-order valence-electron chi connectivity index (χ2n) is 10.6. The fraction of sp³-hybridized carbons (Fsp3) is 0.167. The molecule has 4 aromatic carbocycles. The van der Waals surface area contributed by atoms with Crippen LogP contribution in [-0.4, -0.2) is 40.0 Å². The standard InChI is InChI=1S/C36H31N3O5/c1-4-25(30-20-38-31-18-24(19-37)15-17-28(30)31)26-12-8-9-13-27(26)29-16-14-22(2)32(34(40)39(3)36(42)43)33(29)35(41)44-21-23-10-6-5-7-11-23/h5-18,20,25,38H,4,21H2,1-3H3,(H,42,43). The van der Waals surface area contributed by atoms with Gasteiger partial charge in [-0.1, -0.05) is 79.7 Å². The molecular formula is C36H31N3O5. The molecule has 0 bridgehead atoms. The first-order valence-corrected chi connectivity index (χ1v) is 14.2. The van der Waals surface area contributed by atoms with Gasteiger partial charge in [0.2, 0.25) is 0 Å². The van der Waals surface area contributed by atoms with Gasteiger partial charge < -0.3 is 14.8 Å². The Morgan fingerprint density at radius 2 is 1.66 bits per heavy atom. The quantitative estimate of drug-likeness (QED) is 0.180. The SMILES string of the molecule is CCC(c1ccccc1-c1ccc(C)c(C(=O)N(C)C(=O)O)c1C(=O)OCc1ccccc1)c1c[nH]c2cc(C#N)ccc12. The fourth-order valence-corrected chi connectivity index (χ4v) is 5.63. The maximum Gasteiger partial charge on any atom is 0.414 e. The highest BCUT2D eigenvalue weighted by Crippen LogP contribution is 2.40. The number of esters is 1. The topological polar surface area (TPSA) is 123 Å². The Hall–Kier alpha value is -5.68. The van der Waals surface area contributed by atoms with Crippen molar-refractivity contribution in [3.05, 3.63) is 130 Å². The molecule has 2 amide bonds. The molecule has 8 heteroatoms. The lowest BCUT2D eigenvalue weighted by Gasteiger charge is -2.23. The Labute approximate surface area is 255 Å². The number of ether oxygens (including phenoxy) is 1. The number of hydrogen-bond donors (Lipinski definition) is 2. The number of amides is 2. The van der Waals surface area contributed by atoms with Gasteiger partial charge in [-0.15, -0.1) is 0 Å². The van der Waals surface area contributed by atoms with Crippen LogP contribution in [0.4, 0.5) is 4.79 Å². The summed E-state index contributed by atoms with van der Waals surface area (Å²) in [6, 6.07) is 28.1. The van der Waals surface area contributed by atoms with E-state index in [2.05, 4.69) is 18.0 Å². The molecule has 1 heterocycles. The summed E-state index contributed by atoms with van der Waals surface area (Å²) in [4.78, 5) is 43.2. The van der Waals surface area contributed by atoms with E-state index in [4.69, 9.17) is 4.74 Å². The Balaban J connectivity index is 1.69. The number of aryl methyl sites for hydroxylation is 1. The maximum atomic E-state index is 13.9. The van der Waals surface area contributed by atoms with Gasteiger partial charge in [-0.05, 0) is 58.9 Å². The number of nitrogens with one attached hydrogen (secondary N) is 1. The third-order valence-corrected chi connectivity index (χ3v) is 7.89. The van der Waals surface area contributed by atoms with Gasteiger partial charge in [-0.2, -0.15) is 5.26 Å². The van der Waals surface area contributed by atoms with Gasteiger partial charge in [0.05, 0.1) is 22.8 Å². The third-order valence-electron chi connectivity index (χ3n) is 7.89. The second-order valence-corrected chi connectivity index (χ2v) is 10.6. The fourth-order valence-electron chi connectivity index (χ4n) is 5.63. The van der Waals surface area contributed by atoms with E-state index >= 15 is 0 Å². The minimum atomic E-state index is -1.44. The van der Waals surface area contributed by atoms with Gasteiger partial charge in [-0.3, -0.25) is 4.79 Å². The van der Waals surface area contributed by atoms with E-state index in [1.54, 1.807) is 25.1 Å². The Morgan fingerprint density at radius 1 is 0.932 bits per heavy atom. The molecule has 1 unspecified atom stereocenters. The molecule has 0 saturated carbocycles. The van der Waals surface area contributed by atoms with E-state index < -0.39 is 18.0 Å².